The molecule has 3 aromatic rings. The SMILES string of the molecule is Cc1ccc(NS(=O)(=O)c2ccc(NC(=O)Nc3cccc(C(=N)N4CCN(C)CC4)c3)cc2)cc1. The van der Waals surface area contributed by atoms with E-state index in [0.29, 0.717) is 22.9 Å². The highest BCUT2D eigenvalue weighted by Crippen LogP contribution is 2.19. The van der Waals surface area contributed by atoms with Gasteiger partial charge in [0.1, 0.15) is 5.84 Å². The highest BCUT2D eigenvalue weighted by Gasteiger charge is 2.18. The van der Waals surface area contributed by atoms with Crippen LogP contribution in [-0.4, -0.2) is 63.3 Å². The number of anilines is 3. The first-order chi connectivity index (χ1) is 17.2. The van der Waals surface area contributed by atoms with Gasteiger partial charge >= 0.3 is 6.03 Å². The number of urea groups is 1. The van der Waals surface area contributed by atoms with Gasteiger partial charge in [-0.2, -0.15) is 0 Å². The lowest BCUT2D eigenvalue weighted by Gasteiger charge is -2.34. The molecule has 188 valence electrons. The Labute approximate surface area is 211 Å². The number of carbonyl (C=O) groups is 1. The Kier molecular flexibility index (Phi) is 7.56. The summed E-state index contributed by atoms with van der Waals surface area (Å²) < 4.78 is 27.8. The van der Waals surface area contributed by atoms with E-state index in [-0.39, 0.29) is 4.90 Å². The van der Waals surface area contributed by atoms with Crippen LogP contribution in [0, 0.1) is 12.3 Å². The van der Waals surface area contributed by atoms with E-state index in [0.717, 1.165) is 37.3 Å². The fraction of sp³-hybridized carbons (Fsp3) is 0.231. The van der Waals surface area contributed by atoms with Gasteiger partial charge in [-0.05, 0) is 62.5 Å². The minimum atomic E-state index is -3.75. The van der Waals surface area contributed by atoms with Gasteiger partial charge in [-0.1, -0.05) is 29.8 Å². The zero-order chi connectivity index (χ0) is 25.7. The first-order valence-electron chi connectivity index (χ1n) is 11.6. The highest BCUT2D eigenvalue weighted by atomic mass is 32.2. The molecular formula is C26H30N6O3S. The van der Waals surface area contributed by atoms with Crippen LogP contribution in [0.4, 0.5) is 21.9 Å². The van der Waals surface area contributed by atoms with Gasteiger partial charge in [-0.3, -0.25) is 10.1 Å². The van der Waals surface area contributed by atoms with Crippen molar-refractivity contribution < 1.29 is 13.2 Å². The second-order valence-corrected chi connectivity index (χ2v) is 10.5. The Morgan fingerprint density at radius 2 is 1.44 bits per heavy atom. The van der Waals surface area contributed by atoms with Crippen LogP contribution in [-0.2, 0) is 10.0 Å². The fourth-order valence-corrected chi connectivity index (χ4v) is 4.86. The molecular weight excluding hydrogens is 476 g/mol. The maximum Gasteiger partial charge on any atom is 0.323 e. The van der Waals surface area contributed by atoms with Crippen molar-refractivity contribution in [1.82, 2.24) is 9.80 Å². The molecule has 36 heavy (non-hydrogen) atoms. The third kappa shape index (κ3) is 6.41. The predicted octanol–water partition coefficient (Wildman–Crippen LogP) is 4.01. The standard InChI is InChI=1S/C26H30N6O3S/c1-19-6-8-22(9-7-19)30-36(34,35)24-12-10-21(11-13-24)28-26(33)29-23-5-3-4-20(18-23)25(27)32-16-14-31(2)15-17-32/h3-13,18,27,30H,14-17H2,1-2H3,(H2,28,29,33). The molecule has 4 rings (SSSR count). The largest absolute Gasteiger partial charge is 0.354 e. The minimum Gasteiger partial charge on any atom is -0.354 e. The first-order valence-corrected chi connectivity index (χ1v) is 13.1. The Hall–Kier alpha value is -3.89. The Balaban J connectivity index is 1.35. The van der Waals surface area contributed by atoms with Crippen LogP contribution >= 0.6 is 0 Å². The van der Waals surface area contributed by atoms with E-state index < -0.39 is 16.1 Å². The molecule has 1 aliphatic rings. The van der Waals surface area contributed by atoms with Crippen LogP contribution in [0.15, 0.2) is 77.7 Å². The lowest BCUT2D eigenvalue weighted by atomic mass is 10.1. The molecule has 9 nitrogen and oxygen atoms in total. The van der Waals surface area contributed by atoms with E-state index in [1.807, 2.05) is 30.0 Å². The van der Waals surface area contributed by atoms with Crippen molar-refractivity contribution in [2.24, 2.45) is 0 Å². The third-order valence-corrected chi connectivity index (χ3v) is 7.34. The molecule has 0 aromatic heterocycles. The number of nitrogens with zero attached hydrogens (tertiary/aromatic N) is 2. The monoisotopic (exact) mass is 506 g/mol. The lowest BCUT2D eigenvalue weighted by Crippen LogP contribution is -2.47. The number of amidine groups is 1. The summed E-state index contributed by atoms with van der Waals surface area (Å²) in [5, 5.41) is 14.0. The van der Waals surface area contributed by atoms with Gasteiger partial charge in [0.2, 0.25) is 0 Å². The zero-order valence-corrected chi connectivity index (χ0v) is 21.1. The van der Waals surface area contributed by atoms with Gasteiger partial charge in [0, 0.05) is 48.8 Å². The van der Waals surface area contributed by atoms with E-state index in [1.165, 1.54) is 24.3 Å². The Morgan fingerprint density at radius 3 is 2.11 bits per heavy atom. The van der Waals surface area contributed by atoms with Crippen molar-refractivity contribution in [3.63, 3.8) is 0 Å². The molecule has 0 aliphatic carbocycles. The predicted molar refractivity (Wildman–Crippen MR) is 143 cm³/mol. The van der Waals surface area contributed by atoms with Gasteiger partial charge in [-0.15, -0.1) is 0 Å². The average Bonchev–Trinajstić information content (AvgIpc) is 2.86. The van der Waals surface area contributed by atoms with Crippen molar-refractivity contribution in [3.8, 4) is 0 Å². The highest BCUT2D eigenvalue weighted by molar-refractivity contribution is 7.92. The summed E-state index contributed by atoms with van der Waals surface area (Å²) in [5.41, 5.74) is 3.25. The number of amides is 2. The van der Waals surface area contributed by atoms with Crippen molar-refractivity contribution in [1.29, 1.82) is 5.41 Å². The van der Waals surface area contributed by atoms with Gasteiger partial charge in [-0.25, -0.2) is 13.2 Å². The van der Waals surface area contributed by atoms with Gasteiger partial charge in [0.25, 0.3) is 10.0 Å². The zero-order valence-electron chi connectivity index (χ0n) is 20.3. The van der Waals surface area contributed by atoms with Gasteiger partial charge in [0.15, 0.2) is 0 Å². The van der Waals surface area contributed by atoms with Crippen molar-refractivity contribution >= 4 is 39.0 Å². The van der Waals surface area contributed by atoms with Crippen LogP contribution in [0.2, 0.25) is 0 Å². The maximum absolute atomic E-state index is 12.6. The van der Waals surface area contributed by atoms with Crippen LogP contribution in [0.1, 0.15) is 11.1 Å². The number of hydrogen-bond donors (Lipinski definition) is 4. The fourth-order valence-electron chi connectivity index (χ4n) is 3.80. The van der Waals surface area contributed by atoms with Crippen molar-refractivity contribution in [2.45, 2.75) is 11.8 Å². The molecule has 2 amide bonds. The molecule has 0 spiro atoms. The topological polar surface area (TPSA) is 118 Å². The van der Waals surface area contributed by atoms with Gasteiger partial charge < -0.3 is 20.4 Å². The molecule has 0 unspecified atom stereocenters. The normalized spacial score (nSPS) is 14.2. The molecule has 1 fully saturated rings. The third-order valence-electron chi connectivity index (χ3n) is 5.94. The van der Waals surface area contributed by atoms with E-state index in [1.54, 1.807) is 30.3 Å². The molecule has 10 heteroatoms. The molecule has 4 N–H and O–H groups in total. The average molecular weight is 507 g/mol. The quantitative estimate of drug-likeness (QED) is 0.298. The second-order valence-electron chi connectivity index (χ2n) is 8.79. The molecule has 1 heterocycles. The maximum atomic E-state index is 12.6. The van der Waals surface area contributed by atoms with Crippen LogP contribution in [0.5, 0.6) is 0 Å². The smallest absolute Gasteiger partial charge is 0.323 e. The van der Waals surface area contributed by atoms with Crippen LogP contribution < -0.4 is 15.4 Å². The lowest BCUT2D eigenvalue weighted by molar-refractivity contribution is 0.215. The number of likely N-dealkylation sites (N-methyl/N-ethyl adjacent to an activating group) is 1. The first kappa shape index (κ1) is 25.2. The number of sulfonamides is 1. The van der Waals surface area contributed by atoms with Gasteiger partial charge in [0.05, 0.1) is 4.90 Å². The number of piperazine rings is 1. The molecule has 1 aliphatic heterocycles. The van der Waals surface area contributed by atoms with Crippen molar-refractivity contribution in [3.05, 3.63) is 83.9 Å². The van der Waals surface area contributed by atoms with E-state index in [2.05, 4.69) is 27.3 Å². The molecule has 0 atom stereocenters. The number of rotatable bonds is 6. The van der Waals surface area contributed by atoms with E-state index >= 15 is 0 Å². The number of nitrogens with one attached hydrogen (secondary N) is 4. The summed E-state index contributed by atoms with van der Waals surface area (Å²) in [6, 6.07) is 19.7. The Morgan fingerprint density at radius 1 is 0.833 bits per heavy atom. The van der Waals surface area contributed by atoms with E-state index in [4.69, 9.17) is 5.41 Å². The number of carbonyl (C=O) groups excluding carboxylic acids is 1. The molecule has 0 bridgehead atoms. The number of aryl methyl sites for hydroxylation is 1. The van der Waals surface area contributed by atoms with Crippen LogP contribution in [0.25, 0.3) is 0 Å². The van der Waals surface area contributed by atoms with Crippen molar-refractivity contribution in [2.75, 3.05) is 48.6 Å². The number of hydrogen-bond acceptors (Lipinski definition) is 5. The van der Waals surface area contributed by atoms with E-state index in [9.17, 15) is 13.2 Å². The molecule has 1 saturated heterocycles. The minimum absolute atomic E-state index is 0.0872. The summed E-state index contributed by atoms with van der Waals surface area (Å²) in [5.74, 6) is 0.434. The summed E-state index contributed by atoms with van der Waals surface area (Å²) in [7, 11) is -1.68. The number of benzene rings is 3. The Bertz CT molecular complexity index is 1330. The summed E-state index contributed by atoms with van der Waals surface area (Å²) in [6.45, 7) is 5.33. The molecule has 0 radical (unpaired) electrons. The molecule has 0 saturated carbocycles. The van der Waals surface area contributed by atoms with Crippen LogP contribution in [0.3, 0.4) is 0 Å². The molecule has 3 aromatic carbocycles. The summed E-state index contributed by atoms with van der Waals surface area (Å²) in [6.07, 6.45) is 0. The summed E-state index contributed by atoms with van der Waals surface area (Å²) in [4.78, 5) is 16.9. The summed E-state index contributed by atoms with van der Waals surface area (Å²) >= 11 is 0. The second kappa shape index (κ2) is 10.8.